The lowest BCUT2D eigenvalue weighted by molar-refractivity contribution is -0.118. The Morgan fingerprint density at radius 3 is 2.41 bits per heavy atom. The molecule has 3 heterocycles. The van der Waals surface area contributed by atoms with Gasteiger partial charge in [0.15, 0.2) is 0 Å². The van der Waals surface area contributed by atoms with Gasteiger partial charge in [-0.15, -0.1) is 0 Å². The number of fused-ring (bicyclic) bond motifs is 1. The molecule has 3 atom stereocenters. The Labute approximate surface area is 264 Å². The summed E-state index contributed by atoms with van der Waals surface area (Å²) in [5, 5.41) is 1.72. The van der Waals surface area contributed by atoms with Crippen molar-refractivity contribution in [1.82, 2.24) is 10.2 Å². The van der Waals surface area contributed by atoms with Crippen molar-refractivity contribution in [3.63, 3.8) is 0 Å². The molecule has 0 spiro atoms. The number of thioether (sulfide) groups is 1. The number of nitrogens with one attached hydrogen (secondary N) is 1. The van der Waals surface area contributed by atoms with Crippen LogP contribution in [0.3, 0.4) is 0 Å². The minimum Gasteiger partial charge on any atom is -0.492 e. The quantitative estimate of drug-likeness (QED) is 0.267. The standard InChI is InChI=1S/C36H42N2O5S/c1-22-23(2)33-31(24(3)32(22)42-20-26-10-7-6-8-11-26)29(36(4,5)43-33)19-38-17-9-12-27(38)21-41-28-15-13-25(14-16-28)18-30-34(39)37-35(40)44-30/h6-8,10-11,13-16,27,29-30H,9,12,17-21H2,1-5H3,(H,37,39,40)/t27-,29?,30?/m1/s1. The summed E-state index contributed by atoms with van der Waals surface area (Å²) in [7, 11) is 0. The van der Waals surface area contributed by atoms with E-state index in [0.29, 0.717) is 25.7 Å². The van der Waals surface area contributed by atoms with Gasteiger partial charge in [0.05, 0.1) is 5.25 Å². The van der Waals surface area contributed by atoms with Crippen molar-refractivity contribution in [3.8, 4) is 17.2 Å². The van der Waals surface area contributed by atoms with Crippen LogP contribution in [0.2, 0.25) is 0 Å². The van der Waals surface area contributed by atoms with Crippen molar-refractivity contribution >= 4 is 22.9 Å². The van der Waals surface area contributed by atoms with Crippen molar-refractivity contribution in [3.05, 3.63) is 88.0 Å². The summed E-state index contributed by atoms with van der Waals surface area (Å²) in [4.78, 5) is 26.0. The molecule has 2 fully saturated rings. The Morgan fingerprint density at radius 2 is 1.70 bits per heavy atom. The van der Waals surface area contributed by atoms with E-state index in [2.05, 4.69) is 57.0 Å². The van der Waals surface area contributed by atoms with E-state index in [1.165, 1.54) is 11.1 Å². The van der Waals surface area contributed by atoms with Crippen LogP contribution >= 0.6 is 11.8 Å². The lowest BCUT2D eigenvalue weighted by atomic mass is 9.82. The number of rotatable bonds is 10. The van der Waals surface area contributed by atoms with E-state index in [4.69, 9.17) is 14.2 Å². The zero-order valence-electron chi connectivity index (χ0n) is 26.3. The van der Waals surface area contributed by atoms with E-state index in [1.807, 2.05) is 42.5 Å². The summed E-state index contributed by atoms with van der Waals surface area (Å²) >= 11 is 1.06. The summed E-state index contributed by atoms with van der Waals surface area (Å²) in [5.74, 6) is 2.80. The summed E-state index contributed by atoms with van der Waals surface area (Å²) < 4.78 is 19.5. The van der Waals surface area contributed by atoms with E-state index >= 15 is 0 Å². The fourth-order valence-electron chi connectivity index (χ4n) is 6.82. The monoisotopic (exact) mass is 614 g/mol. The van der Waals surface area contributed by atoms with Crippen molar-refractivity contribution in [2.24, 2.45) is 0 Å². The molecule has 2 amide bonds. The molecule has 3 aromatic rings. The highest BCUT2D eigenvalue weighted by Gasteiger charge is 2.46. The Balaban J connectivity index is 1.13. The average molecular weight is 615 g/mol. The van der Waals surface area contributed by atoms with Crippen LogP contribution in [0.15, 0.2) is 54.6 Å². The molecule has 2 unspecified atom stereocenters. The van der Waals surface area contributed by atoms with Gasteiger partial charge in [0.2, 0.25) is 5.91 Å². The van der Waals surface area contributed by atoms with Crippen LogP contribution in [0, 0.1) is 20.8 Å². The second kappa shape index (κ2) is 12.5. The van der Waals surface area contributed by atoms with Crippen molar-refractivity contribution < 1.29 is 23.8 Å². The molecule has 0 radical (unpaired) electrons. The molecule has 44 heavy (non-hydrogen) atoms. The average Bonchev–Trinajstić information content (AvgIpc) is 3.66. The molecule has 8 heteroatoms. The molecule has 232 valence electrons. The number of carbonyl (C=O) groups is 2. The Kier molecular flexibility index (Phi) is 8.66. The SMILES string of the molecule is Cc1c(C)c2c(c(C)c1OCc1ccccc1)C(CN1CCC[C@@H]1COc1ccc(CC3SC(=O)NC3=O)cc1)C(C)(C)O2. The number of imide groups is 1. The normalized spacial score (nSPS) is 22.5. The summed E-state index contributed by atoms with van der Waals surface area (Å²) in [6.45, 7) is 14.0. The van der Waals surface area contributed by atoms with E-state index < -0.39 is 0 Å². The number of hydrogen-bond donors (Lipinski definition) is 1. The van der Waals surface area contributed by atoms with Gasteiger partial charge in [0, 0.05) is 24.1 Å². The van der Waals surface area contributed by atoms with Crippen molar-refractivity contribution in [2.75, 3.05) is 19.7 Å². The molecule has 0 aromatic heterocycles. The van der Waals surface area contributed by atoms with E-state index in [9.17, 15) is 9.59 Å². The Hall–Kier alpha value is -3.49. The number of benzene rings is 3. The van der Waals surface area contributed by atoms with E-state index in [1.54, 1.807) is 0 Å². The molecule has 3 aromatic carbocycles. The number of hydrogen-bond acceptors (Lipinski definition) is 7. The lowest BCUT2D eigenvalue weighted by Crippen LogP contribution is -2.42. The first-order valence-electron chi connectivity index (χ1n) is 15.6. The third kappa shape index (κ3) is 6.20. The highest BCUT2D eigenvalue weighted by atomic mass is 32.2. The zero-order chi connectivity index (χ0) is 31.0. The van der Waals surface area contributed by atoms with Gasteiger partial charge < -0.3 is 14.2 Å². The van der Waals surface area contributed by atoms with Gasteiger partial charge in [0.1, 0.15) is 36.1 Å². The second-order valence-electron chi connectivity index (χ2n) is 12.8. The van der Waals surface area contributed by atoms with Crippen LogP contribution in [0.5, 0.6) is 17.2 Å². The molecule has 3 aliphatic heterocycles. The first kappa shape index (κ1) is 30.5. The van der Waals surface area contributed by atoms with Gasteiger partial charge in [-0.3, -0.25) is 19.8 Å². The Bertz CT molecular complexity index is 1540. The predicted octanol–water partition coefficient (Wildman–Crippen LogP) is 6.88. The molecule has 0 aliphatic carbocycles. The number of ether oxygens (including phenoxy) is 3. The summed E-state index contributed by atoms with van der Waals surface area (Å²) in [6.07, 6.45) is 2.76. The van der Waals surface area contributed by atoms with Crippen LogP contribution in [-0.2, 0) is 17.8 Å². The number of likely N-dealkylation sites (tertiary alicyclic amines) is 1. The molecule has 7 nitrogen and oxygen atoms in total. The van der Waals surface area contributed by atoms with Gasteiger partial charge in [-0.1, -0.05) is 54.2 Å². The van der Waals surface area contributed by atoms with Gasteiger partial charge in [0.25, 0.3) is 5.24 Å². The number of carbonyl (C=O) groups excluding carboxylic acids is 2. The van der Waals surface area contributed by atoms with Crippen LogP contribution in [0.25, 0.3) is 0 Å². The maximum absolute atomic E-state index is 11.9. The van der Waals surface area contributed by atoms with Gasteiger partial charge in [-0.05, 0) is 100 Å². The smallest absolute Gasteiger partial charge is 0.286 e. The number of amides is 2. The maximum atomic E-state index is 11.9. The van der Waals surface area contributed by atoms with Gasteiger partial charge >= 0.3 is 0 Å². The zero-order valence-corrected chi connectivity index (χ0v) is 27.1. The van der Waals surface area contributed by atoms with Crippen LogP contribution < -0.4 is 19.5 Å². The first-order chi connectivity index (χ1) is 21.1. The van der Waals surface area contributed by atoms with Crippen LogP contribution in [0.1, 0.15) is 66.0 Å². The maximum Gasteiger partial charge on any atom is 0.286 e. The van der Waals surface area contributed by atoms with Crippen LogP contribution in [-0.4, -0.2) is 52.6 Å². The number of nitrogens with zero attached hydrogens (tertiary/aromatic N) is 1. The fourth-order valence-corrected chi connectivity index (χ4v) is 7.68. The van der Waals surface area contributed by atoms with Gasteiger partial charge in [-0.2, -0.15) is 0 Å². The molecular weight excluding hydrogens is 572 g/mol. The highest BCUT2D eigenvalue weighted by molar-refractivity contribution is 8.15. The Morgan fingerprint density at radius 1 is 0.955 bits per heavy atom. The first-order valence-corrected chi connectivity index (χ1v) is 16.5. The molecule has 2 saturated heterocycles. The van der Waals surface area contributed by atoms with Crippen molar-refractivity contribution in [2.45, 2.75) is 83.3 Å². The molecule has 3 aliphatic rings. The molecule has 1 N–H and O–H groups in total. The molecule has 0 bridgehead atoms. The third-order valence-corrected chi connectivity index (χ3v) is 10.5. The largest absolute Gasteiger partial charge is 0.492 e. The molecule has 0 saturated carbocycles. The predicted molar refractivity (Wildman–Crippen MR) is 174 cm³/mol. The third-order valence-electron chi connectivity index (χ3n) is 9.48. The van der Waals surface area contributed by atoms with Crippen LogP contribution in [0.4, 0.5) is 4.79 Å². The topological polar surface area (TPSA) is 77.1 Å². The van der Waals surface area contributed by atoms with Crippen molar-refractivity contribution in [1.29, 1.82) is 0 Å². The lowest BCUT2D eigenvalue weighted by Gasteiger charge is -2.33. The fraction of sp³-hybridized carbons (Fsp3) is 0.444. The van der Waals surface area contributed by atoms with Gasteiger partial charge in [-0.25, -0.2) is 0 Å². The summed E-state index contributed by atoms with van der Waals surface area (Å²) in [5.41, 5.74) is 6.59. The molecular formula is C36H42N2O5S. The minimum atomic E-state index is -0.363. The minimum absolute atomic E-state index is 0.202. The second-order valence-corrected chi connectivity index (χ2v) is 14.0. The van der Waals surface area contributed by atoms with E-state index in [0.717, 1.165) is 77.2 Å². The highest BCUT2D eigenvalue weighted by Crippen LogP contribution is 2.52. The molecule has 6 rings (SSSR count). The summed E-state index contributed by atoms with van der Waals surface area (Å²) in [6, 6.07) is 18.5. The van der Waals surface area contributed by atoms with E-state index in [-0.39, 0.29) is 27.9 Å².